The lowest BCUT2D eigenvalue weighted by atomic mass is 10.2. The molecule has 1 aromatic carbocycles. The van der Waals surface area contributed by atoms with Crippen LogP contribution in [0.1, 0.15) is 11.3 Å². The van der Waals surface area contributed by atoms with Crippen molar-refractivity contribution in [2.24, 2.45) is 10.9 Å². The zero-order chi connectivity index (χ0) is 16.8. The lowest BCUT2D eigenvalue weighted by molar-refractivity contribution is 0.598. The van der Waals surface area contributed by atoms with Crippen LogP contribution in [0.4, 0.5) is 5.82 Å². The Hall–Kier alpha value is -1.39. The van der Waals surface area contributed by atoms with E-state index in [0.29, 0.717) is 0 Å². The third kappa shape index (κ3) is 2.90. The topological polar surface area (TPSA) is 130 Å². The number of aromatic nitrogens is 2. The number of aryl methyl sites for hydroxylation is 1. The highest BCUT2D eigenvalue weighted by molar-refractivity contribution is 7.89. The predicted molar refractivity (Wildman–Crippen MR) is 90.0 cm³/mol. The highest BCUT2D eigenvalue weighted by Gasteiger charge is 2.28. The van der Waals surface area contributed by atoms with Gasteiger partial charge in [0.2, 0.25) is 10.0 Å². The SMILES string of the molecule is Cc1cc(Cl)c(-n2nc(C(N)=S)c(S(N)(=O)=O)c2N)c(Cl)c1. The molecule has 0 aliphatic carbocycles. The normalized spacial score (nSPS) is 11.6. The van der Waals surface area contributed by atoms with Gasteiger partial charge >= 0.3 is 0 Å². The summed E-state index contributed by atoms with van der Waals surface area (Å²) >= 11 is 17.1. The largest absolute Gasteiger partial charge is 0.388 e. The Kier molecular flexibility index (Phi) is 4.37. The minimum atomic E-state index is -4.19. The molecule has 0 fully saturated rings. The minimum absolute atomic E-state index is 0.207. The first-order chi connectivity index (χ1) is 10.0. The molecule has 0 aliphatic rings. The van der Waals surface area contributed by atoms with Gasteiger partial charge in [0.15, 0.2) is 4.90 Å². The molecule has 11 heteroatoms. The van der Waals surface area contributed by atoms with Crippen LogP contribution >= 0.6 is 35.4 Å². The summed E-state index contributed by atoms with van der Waals surface area (Å²) in [4.78, 5) is -0.735. The molecule has 0 saturated heterocycles. The van der Waals surface area contributed by atoms with Gasteiger partial charge in [0.1, 0.15) is 22.2 Å². The molecule has 2 aromatic rings. The molecular formula is C11H11Cl2N5O2S2. The van der Waals surface area contributed by atoms with Gasteiger partial charge in [-0.15, -0.1) is 0 Å². The van der Waals surface area contributed by atoms with Crippen LogP contribution in [0, 0.1) is 6.92 Å². The lowest BCUT2D eigenvalue weighted by Gasteiger charge is -2.10. The van der Waals surface area contributed by atoms with E-state index in [1.54, 1.807) is 19.1 Å². The zero-order valence-electron chi connectivity index (χ0n) is 11.2. The number of anilines is 1. The van der Waals surface area contributed by atoms with Crippen LogP contribution in [0.25, 0.3) is 5.69 Å². The van der Waals surface area contributed by atoms with E-state index in [-0.39, 0.29) is 32.2 Å². The van der Waals surface area contributed by atoms with Crippen LogP contribution in [0.5, 0.6) is 0 Å². The van der Waals surface area contributed by atoms with E-state index in [1.807, 2.05) is 0 Å². The molecule has 0 spiro atoms. The van der Waals surface area contributed by atoms with Crippen molar-refractivity contribution in [1.82, 2.24) is 9.78 Å². The van der Waals surface area contributed by atoms with E-state index >= 15 is 0 Å². The summed E-state index contributed by atoms with van der Waals surface area (Å²) in [6, 6.07) is 3.25. The van der Waals surface area contributed by atoms with Crippen molar-refractivity contribution in [3.63, 3.8) is 0 Å². The van der Waals surface area contributed by atoms with Gasteiger partial charge < -0.3 is 11.5 Å². The van der Waals surface area contributed by atoms with Crippen molar-refractivity contribution in [3.05, 3.63) is 33.4 Å². The van der Waals surface area contributed by atoms with Gasteiger partial charge in [-0.25, -0.2) is 18.2 Å². The molecule has 118 valence electrons. The van der Waals surface area contributed by atoms with Crippen LogP contribution in [-0.2, 0) is 10.0 Å². The highest BCUT2D eigenvalue weighted by Crippen LogP contribution is 2.34. The van der Waals surface area contributed by atoms with Crippen molar-refractivity contribution >= 4 is 56.2 Å². The van der Waals surface area contributed by atoms with Crippen LogP contribution in [0.2, 0.25) is 10.0 Å². The number of hydrogen-bond acceptors (Lipinski definition) is 5. The molecule has 0 bridgehead atoms. The number of nitrogens with two attached hydrogens (primary N) is 3. The van der Waals surface area contributed by atoms with Gasteiger partial charge in [-0.2, -0.15) is 5.10 Å². The molecule has 0 saturated carbocycles. The second kappa shape index (κ2) is 5.67. The summed E-state index contributed by atoms with van der Waals surface area (Å²) in [5, 5.41) is 9.60. The summed E-state index contributed by atoms with van der Waals surface area (Å²) in [6.07, 6.45) is 0. The first-order valence-electron chi connectivity index (χ1n) is 5.71. The standard InChI is InChI=1S/C11H11Cl2N5O2S2/c1-4-2-5(12)8(6(13)3-4)18-10(14)9(22(16,19)20)7(17-18)11(15)21/h2-3H,14H2,1H3,(H2,15,21)(H2,16,19,20). The Labute approximate surface area is 142 Å². The number of rotatable bonds is 3. The maximum absolute atomic E-state index is 11.7. The van der Waals surface area contributed by atoms with Crippen LogP contribution in [-0.4, -0.2) is 23.2 Å². The van der Waals surface area contributed by atoms with E-state index in [2.05, 4.69) is 5.10 Å². The van der Waals surface area contributed by atoms with Crippen molar-refractivity contribution in [2.75, 3.05) is 5.73 Å². The third-order valence-corrected chi connectivity index (χ3v) is 4.51. The number of thiocarbonyl (C=S) groups is 1. The fourth-order valence-corrected chi connectivity index (χ4v) is 3.69. The van der Waals surface area contributed by atoms with E-state index in [0.717, 1.165) is 10.2 Å². The summed E-state index contributed by atoms with van der Waals surface area (Å²) in [5.74, 6) is -0.280. The van der Waals surface area contributed by atoms with E-state index in [4.69, 9.17) is 52.0 Å². The smallest absolute Gasteiger partial charge is 0.244 e. The second-order valence-electron chi connectivity index (χ2n) is 4.46. The summed E-state index contributed by atoms with van der Waals surface area (Å²) in [6.45, 7) is 1.80. The van der Waals surface area contributed by atoms with E-state index in [9.17, 15) is 8.42 Å². The van der Waals surface area contributed by atoms with Crippen molar-refractivity contribution in [1.29, 1.82) is 0 Å². The maximum atomic E-state index is 11.7. The molecule has 0 aliphatic heterocycles. The average molecular weight is 380 g/mol. The monoisotopic (exact) mass is 379 g/mol. The second-order valence-corrected chi connectivity index (χ2v) is 7.21. The summed E-state index contributed by atoms with van der Waals surface area (Å²) in [5.41, 5.74) is 12.1. The molecule has 6 N–H and O–H groups in total. The van der Waals surface area contributed by atoms with Crippen molar-refractivity contribution in [2.45, 2.75) is 11.8 Å². The molecular weight excluding hydrogens is 369 g/mol. The molecule has 0 amide bonds. The van der Waals surface area contributed by atoms with Crippen LogP contribution in [0.3, 0.4) is 0 Å². The molecule has 0 atom stereocenters. The fourth-order valence-electron chi connectivity index (χ4n) is 1.92. The van der Waals surface area contributed by atoms with Crippen molar-refractivity contribution < 1.29 is 8.42 Å². The van der Waals surface area contributed by atoms with Gasteiger partial charge in [-0.3, -0.25) is 0 Å². The Balaban J connectivity index is 2.88. The maximum Gasteiger partial charge on any atom is 0.244 e. The highest BCUT2D eigenvalue weighted by atomic mass is 35.5. The van der Waals surface area contributed by atoms with E-state index < -0.39 is 14.9 Å². The first kappa shape index (κ1) is 17.0. The molecule has 1 aromatic heterocycles. The van der Waals surface area contributed by atoms with Crippen molar-refractivity contribution in [3.8, 4) is 5.69 Å². The van der Waals surface area contributed by atoms with Crippen LogP contribution < -0.4 is 16.6 Å². The first-order valence-corrected chi connectivity index (χ1v) is 8.42. The number of primary sulfonamides is 1. The number of sulfonamides is 1. The zero-order valence-corrected chi connectivity index (χ0v) is 14.3. The summed E-state index contributed by atoms with van der Waals surface area (Å²) in [7, 11) is -4.19. The van der Waals surface area contributed by atoms with Gasteiger partial charge in [-0.05, 0) is 24.6 Å². The quantitative estimate of drug-likeness (QED) is 0.689. The Bertz CT molecular complexity index is 869. The van der Waals surface area contributed by atoms with Gasteiger partial charge in [-0.1, -0.05) is 35.4 Å². The number of nitrogen functional groups attached to an aromatic ring is 1. The minimum Gasteiger partial charge on any atom is -0.388 e. The average Bonchev–Trinajstić information content (AvgIpc) is 2.66. The van der Waals surface area contributed by atoms with E-state index in [1.165, 1.54) is 0 Å². The molecule has 22 heavy (non-hydrogen) atoms. The Morgan fingerprint density at radius 1 is 1.32 bits per heavy atom. The van der Waals surface area contributed by atoms with Gasteiger partial charge in [0, 0.05) is 0 Å². The Morgan fingerprint density at radius 3 is 2.18 bits per heavy atom. The predicted octanol–water partition coefficient (Wildman–Crippen LogP) is 1.35. The lowest BCUT2D eigenvalue weighted by Crippen LogP contribution is -2.20. The van der Waals surface area contributed by atoms with Crippen LogP contribution in [0.15, 0.2) is 17.0 Å². The number of benzene rings is 1. The molecule has 2 rings (SSSR count). The fraction of sp³-hybridized carbons (Fsp3) is 0.0909. The molecule has 0 unspecified atom stereocenters. The molecule has 7 nitrogen and oxygen atoms in total. The number of nitrogens with zero attached hydrogens (tertiary/aromatic N) is 2. The Morgan fingerprint density at radius 2 is 1.82 bits per heavy atom. The number of halogens is 2. The third-order valence-electron chi connectivity index (χ3n) is 2.77. The van der Waals surface area contributed by atoms with Gasteiger partial charge in [0.25, 0.3) is 0 Å². The molecule has 0 radical (unpaired) electrons. The van der Waals surface area contributed by atoms with Gasteiger partial charge in [0.05, 0.1) is 10.0 Å². The number of hydrogen-bond donors (Lipinski definition) is 3. The molecule has 1 heterocycles. The summed E-state index contributed by atoms with van der Waals surface area (Å²) < 4.78 is 24.5.